The molecule has 2 aromatic carbocycles. The molecule has 216 valence electrons. The summed E-state index contributed by atoms with van der Waals surface area (Å²) in [6.45, 7) is 2.20. The average Bonchev–Trinajstić information content (AvgIpc) is 2.87. The predicted octanol–water partition coefficient (Wildman–Crippen LogP) is 10.0. The molecular weight excluding hydrogens is 532 g/mol. The monoisotopic (exact) mass is 564 g/mol. The third kappa shape index (κ3) is 7.17. The van der Waals surface area contributed by atoms with Crippen LogP contribution in [0.15, 0.2) is 30.3 Å². The second kappa shape index (κ2) is 11.9. The molecule has 2 aromatic rings. The van der Waals surface area contributed by atoms with Gasteiger partial charge >= 0.3 is 12.5 Å². The van der Waals surface area contributed by atoms with Crippen molar-refractivity contribution in [2.24, 2.45) is 17.8 Å². The summed E-state index contributed by atoms with van der Waals surface area (Å²) in [5, 5.41) is 0. The largest absolute Gasteiger partial charge is 0.573 e. The lowest BCUT2D eigenvalue weighted by atomic mass is 9.68. The van der Waals surface area contributed by atoms with Crippen LogP contribution in [-0.2, 0) is 6.11 Å². The molecule has 0 aliphatic heterocycles. The molecule has 0 aromatic heterocycles. The first-order chi connectivity index (χ1) is 18.4. The summed E-state index contributed by atoms with van der Waals surface area (Å²) in [6.07, 6.45) is 0.813. The maximum absolute atomic E-state index is 15.0. The molecule has 0 atom stereocenters. The first-order valence-corrected chi connectivity index (χ1v) is 13.5. The van der Waals surface area contributed by atoms with Crippen LogP contribution in [0.3, 0.4) is 0 Å². The van der Waals surface area contributed by atoms with Gasteiger partial charge in [-0.25, -0.2) is 13.2 Å². The van der Waals surface area contributed by atoms with E-state index in [4.69, 9.17) is 0 Å². The molecule has 0 unspecified atom stereocenters. The normalized spacial score (nSPS) is 24.4. The van der Waals surface area contributed by atoms with Crippen LogP contribution in [0.4, 0.5) is 35.1 Å². The maximum atomic E-state index is 15.0. The molecule has 0 bridgehead atoms. The lowest BCUT2D eigenvalue weighted by Gasteiger charge is -2.38. The molecule has 2 saturated carbocycles. The zero-order valence-corrected chi connectivity index (χ0v) is 21.6. The molecule has 2 fully saturated rings. The van der Waals surface area contributed by atoms with Crippen molar-refractivity contribution in [1.82, 2.24) is 0 Å². The fourth-order valence-electron chi connectivity index (χ4n) is 6.32. The van der Waals surface area contributed by atoms with E-state index in [1.54, 1.807) is 0 Å². The van der Waals surface area contributed by atoms with E-state index in [1.165, 1.54) is 38.5 Å². The minimum Gasteiger partial charge on any atom is -0.429 e. The zero-order valence-electron chi connectivity index (χ0n) is 21.6. The highest BCUT2D eigenvalue weighted by molar-refractivity contribution is 5.35. The van der Waals surface area contributed by atoms with Crippen molar-refractivity contribution in [1.29, 1.82) is 0 Å². The quantitative estimate of drug-likeness (QED) is 0.297. The van der Waals surface area contributed by atoms with E-state index in [-0.39, 0.29) is 17.5 Å². The van der Waals surface area contributed by atoms with Gasteiger partial charge in [-0.05, 0) is 86.0 Å². The molecule has 0 heterocycles. The van der Waals surface area contributed by atoms with Crippen LogP contribution in [0, 0.1) is 35.2 Å². The highest BCUT2D eigenvalue weighted by Crippen LogP contribution is 2.46. The Bertz CT molecular complexity index is 1120. The average molecular weight is 565 g/mol. The van der Waals surface area contributed by atoms with E-state index in [9.17, 15) is 30.7 Å². The van der Waals surface area contributed by atoms with Crippen molar-refractivity contribution in [2.75, 3.05) is 0 Å². The van der Waals surface area contributed by atoms with Gasteiger partial charge in [-0.3, -0.25) is 0 Å². The van der Waals surface area contributed by atoms with Crippen LogP contribution < -0.4 is 9.47 Å². The third-order valence-corrected chi connectivity index (χ3v) is 8.27. The Morgan fingerprint density at radius 3 is 1.92 bits per heavy atom. The van der Waals surface area contributed by atoms with Crippen molar-refractivity contribution in [3.8, 4) is 11.5 Å². The summed E-state index contributed by atoms with van der Waals surface area (Å²) < 4.78 is 118. The fraction of sp³-hybridized carbons (Fsp3) is 0.586. The number of hydrogen-bond donors (Lipinski definition) is 0. The van der Waals surface area contributed by atoms with Gasteiger partial charge in [-0.1, -0.05) is 38.7 Å². The van der Waals surface area contributed by atoms with Crippen LogP contribution in [0.25, 0.3) is 0 Å². The number of halogens is 8. The van der Waals surface area contributed by atoms with Crippen molar-refractivity contribution >= 4 is 0 Å². The van der Waals surface area contributed by atoms with Gasteiger partial charge in [0.2, 0.25) is 0 Å². The molecule has 2 nitrogen and oxygen atoms in total. The minimum absolute atomic E-state index is 0.0388. The van der Waals surface area contributed by atoms with Gasteiger partial charge in [0.15, 0.2) is 23.2 Å². The van der Waals surface area contributed by atoms with E-state index in [1.807, 2.05) is 0 Å². The highest BCUT2D eigenvalue weighted by atomic mass is 19.4. The van der Waals surface area contributed by atoms with Crippen molar-refractivity contribution in [2.45, 2.75) is 89.5 Å². The fourth-order valence-corrected chi connectivity index (χ4v) is 6.32. The molecule has 2 aliphatic rings. The van der Waals surface area contributed by atoms with Gasteiger partial charge in [0.1, 0.15) is 11.3 Å². The third-order valence-electron chi connectivity index (χ3n) is 8.27. The summed E-state index contributed by atoms with van der Waals surface area (Å²) in [5.41, 5.74) is -1.35. The highest BCUT2D eigenvalue weighted by Gasteiger charge is 2.41. The van der Waals surface area contributed by atoms with Crippen molar-refractivity contribution in [3.63, 3.8) is 0 Å². The van der Waals surface area contributed by atoms with E-state index in [0.29, 0.717) is 36.8 Å². The number of rotatable bonds is 8. The Labute approximate surface area is 222 Å². The van der Waals surface area contributed by atoms with Crippen molar-refractivity contribution in [3.05, 3.63) is 58.9 Å². The second-order valence-corrected chi connectivity index (χ2v) is 10.8. The Hall–Kier alpha value is -2.52. The molecule has 0 radical (unpaired) electrons. The molecule has 2 aliphatic carbocycles. The van der Waals surface area contributed by atoms with Crippen molar-refractivity contribution < 1.29 is 44.6 Å². The Morgan fingerprint density at radius 2 is 1.36 bits per heavy atom. The molecule has 4 rings (SSSR count). The first-order valence-electron chi connectivity index (χ1n) is 13.5. The first kappa shape index (κ1) is 29.5. The molecule has 0 saturated heterocycles. The zero-order chi connectivity index (χ0) is 28.4. The van der Waals surface area contributed by atoms with Crippen LogP contribution in [0.1, 0.15) is 88.2 Å². The lowest BCUT2D eigenvalue weighted by molar-refractivity contribution is -0.275. The van der Waals surface area contributed by atoms with E-state index < -0.39 is 47.0 Å². The topological polar surface area (TPSA) is 18.5 Å². The number of benzene rings is 2. The standard InChI is InChI=1S/C29H32F8O2/c1-2-3-17-4-6-18(7-5-17)19-8-10-20(11-9-19)22-13-14-23(27(32)26(22)31)28(33,34)38-21-12-15-25(24(30)16-21)39-29(35,36)37/h12-20H,2-11H2,1H3. The molecular formula is C29H32F8O2. The van der Waals surface area contributed by atoms with E-state index in [0.717, 1.165) is 30.9 Å². The van der Waals surface area contributed by atoms with Gasteiger partial charge < -0.3 is 9.47 Å². The Morgan fingerprint density at radius 1 is 0.744 bits per heavy atom. The maximum Gasteiger partial charge on any atom is 0.573 e. The number of ether oxygens (including phenoxy) is 2. The SMILES string of the molecule is CCCC1CCC(C2CCC(c3ccc(C(F)(F)Oc4ccc(OC(F)(F)F)c(F)c4)c(F)c3F)CC2)CC1. The number of alkyl halides is 5. The summed E-state index contributed by atoms with van der Waals surface area (Å²) in [4.78, 5) is 0. The Balaban J connectivity index is 1.40. The van der Waals surface area contributed by atoms with Crippen LogP contribution in [-0.4, -0.2) is 6.36 Å². The second-order valence-electron chi connectivity index (χ2n) is 10.8. The number of hydrogen-bond acceptors (Lipinski definition) is 2. The molecule has 0 N–H and O–H groups in total. The van der Waals surface area contributed by atoms with E-state index in [2.05, 4.69) is 16.4 Å². The lowest BCUT2D eigenvalue weighted by Crippen LogP contribution is -2.26. The molecule has 0 amide bonds. The van der Waals surface area contributed by atoms with Gasteiger partial charge in [0.05, 0.1) is 0 Å². The summed E-state index contributed by atoms with van der Waals surface area (Å²) >= 11 is 0. The smallest absolute Gasteiger partial charge is 0.429 e. The van der Waals surface area contributed by atoms with Crippen LogP contribution >= 0.6 is 0 Å². The van der Waals surface area contributed by atoms with Gasteiger partial charge in [0, 0.05) is 6.07 Å². The Kier molecular flexibility index (Phi) is 9.01. The van der Waals surface area contributed by atoms with Crippen LogP contribution in [0.2, 0.25) is 0 Å². The summed E-state index contributed by atoms with van der Waals surface area (Å²) in [6, 6.07) is 3.17. The summed E-state index contributed by atoms with van der Waals surface area (Å²) in [5.74, 6) is -5.19. The van der Waals surface area contributed by atoms with Gasteiger partial charge in [-0.15, -0.1) is 13.2 Å². The summed E-state index contributed by atoms with van der Waals surface area (Å²) in [7, 11) is 0. The van der Waals surface area contributed by atoms with E-state index >= 15 is 4.39 Å². The predicted molar refractivity (Wildman–Crippen MR) is 129 cm³/mol. The van der Waals surface area contributed by atoms with Crippen LogP contribution in [0.5, 0.6) is 11.5 Å². The van der Waals surface area contributed by atoms with Gasteiger partial charge in [0.25, 0.3) is 0 Å². The molecule has 39 heavy (non-hydrogen) atoms. The molecule has 10 heteroatoms. The van der Waals surface area contributed by atoms with Gasteiger partial charge in [-0.2, -0.15) is 8.78 Å². The minimum atomic E-state index is -5.19. The molecule has 0 spiro atoms.